The Bertz CT molecular complexity index is 524. The molecule has 0 spiro atoms. The Hall–Kier alpha value is -1.39. The monoisotopic (exact) mass is 286 g/mol. The first-order chi connectivity index (χ1) is 10.3. The van der Waals surface area contributed by atoms with E-state index in [4.69, 9.17) is 4.98 Å². The Morgan fingerprint density at radius 2 is 2.24 bits per heavy atom. The lowest BCUT2D eigenvalue weighted by atomic mass is 10.2. The van der Waals surface area contributed by atoms with Crippen LogP contribution in [0.2, 0.25) is 0 Å². The second kappa shape index (κ2) is 7.05. The van der Waals surface area contributed by atoms with Gasteiger partial charge in [-0.3, -0.25) is 4.90 Å². The summed E-state index contributed by atoms with van der Waals surface area (Å²) in [6.45, 7) is 6.65. The van der Waals surface area contributed by atoms with Crippen molar-refractivity contribution in [2.24, 2.45) is 0 Å². The van der Waals surface area contributed by atoms with Crippen molar-refractivity contribution in [3.05, 3.63) is 30.1 Å². The lowest BCUT2D eigenvalue weighted by molar-refractivity contribution is 0.233. The van der Waals surface area contributed by atoms with Crippen LogP contribution in [0.5, 0.6) is 0 Å². The molecule has 0 radical (unpaired) electrons. The van der Waals surface area contributed by atoms with Crippen molar-refractivity contribution < 1.29 is 0 Å². The van der Waals surface area contributed by atoms with Crippen LogP contribution in [0.15, 0.2) is 24.3 Å². The molecule has 1 aromatic heterocycles. The largest absolute Gasteiger partial charge is 0.341 e. The molecule has 3 rings (SSSR count). The van der Waals surface area contributed by atoms with Crippen molar-refractivity contribution >= 4 is 11.0 Å². The van der Waals surface area contributed by atoms with E-state index in [2.05, 4.69) is 40.3 Å². The first kappa shape index (κ1) is 14.5. The zero-order valence-corrected chi connectivity index (χ0v) is 12.9. The minimum atomic E-state index is 0.659. The highest BCUT2D eigenvalue weighted by atomic mass is 15.2. The number of aromatic amines is 1. The third-order valence-corrected chi connectivity index (χ3v) is 4.28. The molecule has 0 amide bonds. The van der Waals surface area contributed by atoms with Crippen LogP contribution < -0.4 is 5.32 Å². The highest BCUT2D eigenvalue weighted by Crippen LogP contribution is 2.14. The molecule has 0 aliphatic carbocycles. The van der Waals surface area contributed by atoms with Gasteiger partial charge in [-0.25, -0.2) is 4.98 Å². The van der Waals surface area contributed by atoms with Gasteiger partial charge < -0.3 is 10.3 Å². The van der Waals surface area contributed by atoms with E-state index in [1.807, 2.05) is 6.07 Å². The molecule has 0 bridgehead atoms. The van der Waals surface area contributed by atoms with Gasteiger partial charge >= 0.3 is 0 Å². The summed E-state index contributed by atoms with van der Waals surface area (Å²) in [4.78, 5) is 10.7. The van der Waals surface area contributed by atoms with Gasteiger partial charge in [-0.05, 0) is 44.5 Å². The molecule has 1 unspecified atom stereocenters. The van der Waals surface area contributed by atoms with Gasteiger partial charge in [0.1, 0.15) is 5.82 Å². The number of para-hydroxylation sites is 2. The average Bonchev–Trinajstić information content (AvgIpc) is 3.13. The molecule has 114 valence electrons. The first-order valence-electron chi connectivity index (χ1n) is 8.24. The number of nitrogens with one attached hydrogen (secondary N) is 2. The maximum Gasteiger partial charge on any atom is 0.121 e. The quantitative estimate of drug-likeness (QED) is 0.822. The molecule has 2 heterocycles. The lowest BCUT2D eigenvalue weighted by Gasteiger charge is -2.24. The summed E-state index contributed by atoms with van der Waals surface area (Å²) in [7, 11) is 0. The van der Waals surface area contributed by atoms with Crippen LogP contribution in [0.4, 0.5) is 0 Å². The summed E-state index contributed by atoms with van der Waals surface area (Å²) in [5.74, 6) is 1.09. The van der Waals surface area contributed by atoms with Gasteiger partial charge in [0.25, 0.3) is 0 Å². The molecule has 1 aliphatic rings. The molecule has 21 heavy (non-hydrogen) atoms. The fraction of sp³-hybridized carbons (Fsp3) is 0.588. The molecular formula is C17H26N4. The van der Waals surface area contributed by atoms with Crippen LogP contribution in [-0.2, 0) is 6.54 Å². The minimum absolute atomic E-state index is 0.659. The summed E-state index contributed by atoms with van der Waals surface area (Å²) in [5, 5.41) is 3.60. The number of aromatic nitrogens is 2. The smallest absolute Gasteiger partial charge is 0.121 e. The number of H-pyrrole nitrogens is 1. The first-order valence-corrected chi connectivity index (χ1v) is 8.24. The number of hydrogen-bond donors (Lipinski definition) is 2. The number of rotatable bonds is 7. The van der Waals surface area contributed by atoms with E-state index in [1.165, 1.54) is 32.2 Å². The van der Waals surface area contributed by atoms with Crippen LogP contribution in [-0.4, -0.2) is 40.5 Å². The molecule has 4 heteroatoms. The Balaban J connectivity index is 1.66. The van der Waals surface area contributed by atoms with Crippen molar-refractivity contribution in [3.8, 4) is 0 Å². The molecule has 1 aromatic carbocycles. The molecule has 2 aromatic rings. The molecule has 0 saturated carbocycles. The normalized spacial score (nSPS) is 18.9. The molecule has 1 saturated heterocycles. The van der Waals surface area contributed by atoms with Gasteiger partial charge in [-0.2, -0.15) is 0 Å². The van der Waals surface area contributed by atoms with E-state index in [0.29, 0.717) is 6.04 Å². The Morgan fingerprint density at radius 1 is 1.33 bits per heavy atom. The zero-order chi connectivity index (χ0) is 14.5. The number of unbranched alkanes of at least 4 members (excludes halogenated alkanes) is 1. The Labute approximate surface area is 126 Å². The summed E-state index contributed by atoms with van der Waals surface area (Å²) >= 11 is 0. The molecular weight excluding hydrogens is 260 g/mol. The van der Waals surface area contributed by atoms with Gasteiger partial charge in [-0.15, -0.1) is 0 Å². The fourth-order valence-corrected chi connectivity index (χ4v) is 3.13. The van der Waals surface area contributed by atoms with Crippen molar-refractivity contribution in [1.29, 1.82) is 0 Å². The van der Waals surface area contributed by atoms with Gasteiger partial charge in [0.05, 0.1) is 17.6 Å². The molecule has 4 nitrogen and oxygen atoms in total. The van der Waals surface area contributed by atoms with E-state index in [1.54, 1.807) is 0 Å². The predicted octanol–water partition coefficient (Wildman–Crippen LogP) is 2.92. The van der Waals surface area contributed by atoms with Gasteiger partial charge in [-0.1, -0.05) is 25.5 Å². The topological polar surface area (TPSA) is 44.0 Å². The van der Waals surface area contributed by atoms with Crippen LogP contribution >= 0.6 is 0 Å². The SMILES string of the molecule is CCCCN(Cc1nc2ccccc2[nH]1)CC1CCCN1. The number of imidazole rings is 1. The Morgan fingerprint density at radius 3 is 3.00 bits per heavy atom. The lowest BCUT2D eigenvalue weighted by Crippen LogP contribution is -2.37. The average molecular weight is 286 g/mol. The number of nitrogens with zero attached hydrogens (tertiary/aromatic N) is 2. The van der Waals surface area contributed by atoms with E-state index >= 15 is 0 Å². The van der Waals surface area contributed by atoms with Gasteiger partial charge in [0.15, 0.2) is 0 Å². The summed E-state index contributed by atoms with van der Waals surface area (Å²) in [6, 6.07) is 8.93. The van der Waals surface area contributed by atoms with Crippen LogP contribution in [0.1, 0.15) is 38.4 Å². The van der Waals surface area contributed by atoms with Crippen molar-refractivity contribution in [2.75, 3.05) is 19.6 Å². The highest BCUT2D eigenvalue weighted by Gasteiger charge is 2.18. The third-order valence-electron chi connectivity index (χ3n) is 4.28. The van der Waals surface area contributed by atoms with E-state index < -0.39 is 0 Å². The number of fused-ring (bicyclic) bond motifs is 1. The highest BCUT2D eigenvalue weighted by molar-refractivity contribution is 5.74. The van der Waals surface area contributed by atoms with Crippen LogP contribution in [0.25, 0.3) is 11.0 Å². The zero-order valence-electron chi connectivity index (χ0n) is 12.9. The minimum Gasteiger partial charge on any atom is -0.341 e. The fourth-order valence-electron chi connectivity index (χ4n) is 3.13. The van der Waals surface area contributed by atoms with E-state index in [9.17, 15) is 0 Å². The second-order valence-corrected chi connectivity index (χ2v) is 6.08. The van der Waals surface area contributed by atoms with Crippen LogP contribution in [0, 0.1) is 0 Å². The Kier molecular flexibility index (Phi) is 4.88. The summed E-state index contributed by atoms with van der Waals surface area (Å²) in [5.41, 5.74) is 2.21. The maximum absolute atomic E-state index is 4.72. The number of benzene rings is 1. The van der Waals surface area contributed by atoms with Crippen molar-refractivity contribution in [3.63, 3.8) is 0 Å². The van der Waals surface area contributed by atoms with Crippen molar-refractivity contribution in [2.45, 2.75) is 45.2 Å². The summed E-state index contributed by atoms with van der Waals surface area (Å²) < 4.78 is 0. The number of hydrogen-bond acceptors (Lipinski definition) is 3. The van der Waals surface area contributed by atoms with Crippen molar-refractivity contribution in [1.82, 2.24) is 20.2 Å². The van der Waals surface area contributed by atoms with Gasteiger partial charge in [0.2, 0.25) is 0 Å². The van der Waals surface area contributed by atoms with Crippen LogP contribution in [0.3, 0.4) is 0 Å². The molecule has 2 N–H and O–H groups in total. The standard InChI is InChI=1S/C17H26N4/c1-2-3-11-21(12-14-7-6-10-18-14)13-17-19-15-8-4-5-9-16(15)20-17/h4-5,8-9,14,18H,2-3,6-7,10-13H2,1H3,(H,19,20). The van der Waals surface area contributed by atoms with E-state index in [0.717, 1.165) is 36.5 Å². The maximum atomic E-state index is 4.72. The predicted molar refractivity (Wildman–Crippen MR) is 87.3 cm³/mol. The summed E-state index contributed by atoms with van der Waals surface area (Å²) in [6.07, 6.45) is 5.13. The second-order valence-electron chi connectivity index (χ2n) is 6.08. The van der Waals surface area contributed by atoms with E-state index in [-0.39, 0.29) is 0 Å². The molecule has 1 aliphatic heterocycles. The molecule has 1 atom stereocenters. The van der Waals surface area contributed by atoms with Gasteiger partial charge in [0, 0.05) is 12.6 Å². The third kappa shape index (κ3) is 3.83. The molecule has 1 fully saturated rings.